The number of hydrogen-bond acceptors (Lipinski definition) is 4. The van der Waals surface area contributed by atoms with Gasteiger partial charge in [-0.25, -0.2) is 4.79 Å². The van der Waals surface area contributed by atoms with E-state index in [1.807, 2.05) is 26.5 Å². The van der Waals surface area contributed by atoms with Crippen molar-refractivity contribution in [3.63, 3.8) is 0 Å². The molecule has 1 aliphatic rings. The van der Waals surface area contributed by atoms with Crippen LogP contribution in [0, 0.1) is 0 Å². The van der Waals surface area contributed by atoms with E-state index in [9.17, 15) is 4.79 Å². The fourth-order valence-corrected chi connectivity index (χ4v) is 5.45. The molecule has 0 spiro atoms. The molecule has 6 heteroatoms. The average molecular weight is 422 g/mol. The number of aryl methyl sites for hydroxylation is 2. The summed E-state index contributed by atoms with van der Waals surface area (Å²) in [6.07, 6.45) is 5.92. The molecule has 1 fully saturated rings. The number of fused-ring (bicyclic) bond motifs is 1. The van der Waals surface area contributed by atoms with Gasteiger partial charge in [0.15, 0.2) is 0 Å². The van der Waals surface area contributed by atoms with Crippen molar-refractivity contribution in [1.82, 2.24) is 24.3 Å². The van der Waals surface area contributed by atoms with Gasteiger partial charge in [-0.2, -0.15) is 0 Å². The number of piperidine rings is 1. The van der Waals surface area contributed by atoms with Crippen molar-refractivity contribution >= 4 is 11.0 Å². The molecular formula is C25H35N5O. The predicted octanol–water partition coefficient (Wildman–Crippen LogP) is 3.58. The summed E-state index contributed by atoms with van der Waals surface area (Å²) >= 11 is 0. The Morgan fingerprint density at radius 3 is 2.16 bits per heavy atom. The van der Waals surface area contributed by atoms with Gasteiger partial charge in [0, 0.05) is 56.7 Å². The Labute approximate surface area is 184 Å². The molecule has 2 aromatic heterocycles. The van der Waals surface area contributed by atoms with E-state index in [0.717, 1.165) is 37.0 Å². The van der Waals surface area contributed by atoms with Crippen molar-refractivity contribution in [2.24, 2.45) is 14.1 Å². The van der Waals surface area contributed by atoms with Crippen molar-refractivity contribution in [3.8, 4) is 0 Å². The largest absolute Gasteiger partial charge is 0.328 e. The van der Waals surface area contributed by atoms with Crippen molar-refractivity contribution in [1.29, 1.82) is 0 Å². The van der Waals surface area contributed by atoms with E-state index in [1.54, 1.807) is 9.13 Å². The van der Waals surface area contributed by atoms with Crippen LogP contribution in [-0.2, 0) is 27.2 Å². The van der Waals surface area contributed by atoms with E-state index < -0.39 is 0 Å². The minimum atomic E-state index is 0.0163. The molecule has 166 valence electrons. The SMILES string of the molecule is Cn1c(=O)n(C)c2cc(CN(Cc3ccncc3)C3CC(C)(C)NC(C)(C)C3)ccc21. The third kappa shape index (κ3) is 4.60. The Hall–Kier alpha value is -2.44. The van der Waals surface area contributed by atoms with E-state index in [0.29, 0.717) is 6.04 Å². The van der Waals surface area contributed by atoms with Gasteiger partial charge in [-0.1, -0.05) is 6.07 Å². The lowest BCUT2D eigenvalue weighted by atomic mass is 9.79. The standard InChI is InChI=1S/C25H35N5O/c1-24(2)14-20(15-25(3,4)27-24)30(16-18-9-11-26-12-10-18)17-19-7-8-21-22(13-19)29(6)23(31)28(21)5/h7-13,20,27H,14-17H2,1-6H3. The lowest BCUT2D eigenvalue weighted by molar-refractivity contribution is 0.0564. The maximum absolute atomic E-state index is 12.4. The zero-order valence-electron chi connectivity index (χ0n) is 19.6. The third-order valence-corrected chi connectivity index (χ3v) is 6.54. The summed E-state index contributed by atoms with van der Waals surface area (Å²) in [5.41, 5.74) is 4.64. The van der Waals surface area contributed by atoms with Crippen LogP contribution in [0.3, 0.4) is 0 Å². The number of aromatic nitrogens is 3. The average Bonchev–Trinajstić information content (AvgIpc) is 2.90. The molecule has 0 aliphatic carbocycles. The molecular weight excluding hydrogens is 386 g/mol. The van der Waals surface area contributed by atoms with Gasteiger partial charge < -0.3 is 5.32 Å². The lowest BCUT2D eigenvalue weighted by Crippen LogP contribution is -2.62. The van der Waals surface area contributed by atoms with Gasteiger partial charge in [-0.15, -0.1) is 0 Å². The molecule has 0 unspecified atom stereocenters. The highest BCUT2D eigenvalue weighted by atomic mass is 16.1. The number of nitrogens with zero attached hydrogens (tertiary/aromatic N) is 4. The van der Waals surface area contributed by atoms with Crippen LogP contribution in [0.1, 0.15) is 51.7 Å². The van der Waals surface area contributed by atoms with Crippen molar-refractivity contribution in [2.45, 2.75) is 70.7 Å². The van der Waals surface area contributed by atoms with E-state index in [2.05, 4.69) is 73.2 Å². The van der Waals surface area contributed by atoms with Crippen LogP contribution >= 0.6 is 0 Å². The maximum atomic E-state index is 12.4. The second kappa shape index (κ2) is 7.92. The summed E-state index contributed by atoms with van der Waals surface area (Å²) < 4.78 is 3.45. The normalized spacial score (nSPS) is 18.7. The highest BCUT2D eigenvalue weighted by molar-refractivity contribution is 5.76. The molecule has 0 atom stereocenters. The third-order valence-electron chi connectivity index (χ3n) is 6.54. The highest BCUT2D eigenvalue weighted by Gasteiger charge is 2.39. The molecule has 0 amide bonds. The lowest BCUT2D eigenvalue weighted by Gasteiger charge is -2.49. The van der Waals surface area contributed by atoms with Gasteiger partial charge in [0.25, 0.3) is 0 Å². The van der Waals surface area contributed by atoms with Gasteiger partial charge >= 0.3 is 5.69 Å². The molecule has 4 rings (SSSR count). The van der Waals surface area contributed by atoms with E-state index >= 15 is 0 Å². The minimum absolute atomic E-state index is 0.0163. The minimum Gasteiger partial charge on any atom is -0.307 e. The molecule has 0 saturated carbocycles. The summed E-state index contributed by atoms with van der Waals surface area (Å²) in [4.78, 5) is 19.1. The first-order chi connectivity index (χ1) is 14.5. The number of rotatable bonds is 5. The summed E-state index contributed by atoms with van der Waals surface area (Å²) in [5, 5.41) is 3.81. The summed E-state index contributed by atoms with van der Waals surface area (Å²) in [7, 11) is 3.68. The van der Waals surface area contributed by atoms with Crippen molar-refractivity contribution in [3.05, 3.63) is 64.3 Å². The predicted molar refractivity (Wildman–Crippen MR) is 126 cm³/mol. The van der Waals surface area contributed by atoms with Crippen LogP contribution in [-0.4, -0.2) is 36.1 Å². The Kier molecular flexibility index (Phi) is 5.56. The maximum Gasteiger partial charge on any atom is 0.328 e. The zero-order chi connectivity index (χ0) is 22.4. The number of imidazole rings is 1. The smallest absolute Gasteiger partial charge is 0.307 e. The second-order valence-corrected chi connectivity index (χ2v) is 10.4. The molecule has 31 heavy (non-hydrogen) atoms. The molecule has 1 saturated heterocycles. The summed E-state index contributed by atoms with van der Waals surface area (Å²) in [6.45, 7) is 10.9. The van der Waals surface area contributed by atoms with Gasteiger partial charge in [-0.3, -0.25) is 19.0 Å². The van der Waals surface area contributed by atoms with E-state index in [1.165, 1.54) is 11.1 Å². The zero-order valence-corrected chi connectivity index (χ0v) is 19.6. The van der Waals surface area contributed by atoms with Crippen LogP contribution in [0.15, 0.2) is 47.5 Å². The van der Waals surface area contributed by atoms with Gasteiger partial charge in [0.1, 0.15) is 0 Å². The van der Waals surface area contributed by atoms with Crippen LogP contribution in [0.4, 0.5) is 0 Å². The number of pyridine rings is 1. The topological polar surface area (TPSA) is 55.1 Å². The Morgan fingerprint density at radius 1 is 0.935 bits per heavy atom. The highest BCUT2D eigenvalue weighted by Crippen LogP contribution is 2.33. The van der Waals surface area contributed by atoms with E-state index in [-0.39, 0.29) is 16.8 Å². The molecule has 6 nitrogen and oxygen atoms in total. The molecule has 0 bridgehead atoms. The fraction of sp³-hybridized carbons (Fsp3) is 0.520. The van der Waals surface area contributed by atoms with E-state index in [4.69, 9.17) is 0 Å². The molecule has 1 N–H and O–H groups in total. The van der Waals surface area contributed by atoms with Gasteiger partial charge in [-0.05, 0) is 75.9 Å². The Morgan fingerprint density at radius 2 is 1.52 bits per heavy atom. The summed E-state index contributed by atoms with van der Waals surface area (Å²) in [5.74, 6) is 0. The Balaban J connectivity index is 1.68. The molecule has 0 radical (unpaired) electrons. The summed E-state index contributed by atoms with van der Waals surface area (Å²) in [6, 6.07) is 11.1. The quantitative estimate of drug-likeness (QED) is 0.684. The first-order valence-corrected chi connectivity index (χ1v) is 11.1. The number of hydrogen-bond donors (Lipinski definition) is 1. The first kappa shape index (κ1) is 21.8. The first-order valence-electron chi connectivity index (χ1n) is 11.1. The molecule has 1 aromatic carbocycles. The fourth-order valence-electron chi connectivity index (χ4n) is 5.45. The number of benzene rings is 1. The van der Waals surface area contributed by atoms with Crippen LogP contribution in [0.5, 0.6) is 0 Å². The van der Waals surface area contributed by atoms with Gasteiger partial charge in [0.05, 0.1) is 11.0 Å². The van der Waals surface area contributed by atoms with Crippen LogP contribution in [0.2, 0.25) is 0 Å². The van der Waals surface area contributed by atoms with Crippen molar-refractivity contribution < 1.29 is 0 Å². The molecule has 1 aliphatic heterocycles. The second-order valence-electron chi connectivity index (χ2n) is 10.4. The van der Waals surface area contributed by atoms with Gasteiger partial charge in [0.2, 0.25) is 0 Å². The Bertz CT molecular complexity index is 1110. The number of nitrogens with one attached hydrogen (secondary N) is 1. The van der Waals surface area contributed by atoms with Crippen molar-refractivity contribution in [2.75, 3.05) is 0 Å². The molecule has 3 heterocycles. The van der Waals surface area contributed by atoms with Crippen LogP contribution < -0.4 is 11.0 Å². The monoisotopic (exact) mass is 421 g/mol. The molecule has 3 aromatic rings. The van der Waals surface area contributed by atoms with Crippen LogP contribution in [0.25, 0.3) is 11.0 Å².